The molecule has 0 saturated heterocycles. The Bertz CT molecular complexity index is 1110. The first-order valence-electron chi connectivity index (χ1n) is 8.01. The minimum Gasteiger partial charge on any atom is -0.451 e. The van der Waals surface area contributed by atoms with Gasteiger partial charge in [0.05, 0.1) is 21.2 Å². The molecule has 3 rings (SSSR count). The number of hydrogen-bond donors (Lipinski definition) is 1. The Balaban J connectivity index is 1.85. The summed E-state index contributed by atoms with van der Waals surface area (Å²) in [7, 11) is 0. The molecule has 30 heavy (non-hydrogen) atoms. The normalized spacial score (nSPS) is 12.1. The molecule has 0 saturated carbocycles. The van der Waals surface area contributed by atoms with Crippen LogP contribution in [0.4, 0.5) is 32.0 Å². The van der Waals surface area contributed by atoms with Gasteiger partial charge in [0.15, 0.2) is 5.76 Å². The van der Waals surface area contributed by atoms with E-state index in [1.54, 1.807) is 0 Å². The average Bonchev–Trinajstić information content (AvgIpc) is 3.12. The summed E-state index contributed by atoms with van der Waals surface area (Å²) >= 11 is 11.1. The van der Waals surface area contributed by atoms with Gasteiger partial charge < -0.3 is 9.73 Å². The third-order valence-corrected chi connectivity index (χ3v) is 4.57. The summed E-state index contributed by atoms with van der Waals surface area (Å²) in [5.41, 5.74) is -2.40. The maximum absolute atomic E-state index is 13.0. The molecular weight excluding hydrogens is 459 g/mol. The maximum atomic E-state index is 13.0. The zero-order chi connectivity index (χ0) is 22.3. The molecule has 0 atom stereocenters. The van der Waals surface area contributed by atoms with Crippen molar-refractivity contribution in [2.45, 2.75) is 12.4 Å². The molecule has 3 nitrogen and oxygen atoms in total. The van der Waals surface area contributed by atoms with Crippen molar-refractivity contribution in [1.29, 1.82) is 0 Å². The number of carbonyl (C=O) groups is 1. The van der Waals surface area contributed by atoms with Gasteiger partial charge in [0.2, 0.25) is 0 Å². The van der Waals surface area contributed by atoms with Gasteiger partial charge >= 0.3 is 12.4 Å². The second-order valence-electron chi connectivity index (χ2n) is 6.00. The average molecular weight is 468 g/mol. The number of hydrogen-bond acceptors (Lipinski definition) is 2. The summed E-state index contributed by atoms with van der Waals surface area (Å²) in [6.45, 7) is 0. The van der Waals surface area contributed by atoms with E-state index in [0.29, 0.717) is 6.07 Å². The SMILES string of the molecule is O=C(Nc1ccc(Cl)c(C(F)(F)F)c1)c1ccc(-c2ccc(Cl)c(C(F)(F)F)c2)o1. The van der Waals surface area contributed by atoms with E-state index in [0.717, 1.165) is 24.3 Å². The van der Waals surface area contributed by atoms with Crippen molar-refractivity contribution < 1.29 is 35.6 Å². The number of alkyl halides is 6. The Labute approximate surface area is 175 Å². The van der Waals surface area contributed by atoms with E-state index in [9.17, 15) is 31.1 Å². The minimum absolute atomic E-state index is 0.0108. The largest absolute Gasteiger partial charge is 0.451 e. The molecule has 0 fully saturated rings. The lowest BCUT2D eigenvalue weighted by molar-refractivity contribution is -0.138. The van der Waals surface area contributed by atoms with Crippen molar-refractivity contribution in [3.05, 3.63) is 75.5 Å². The molecule has 0 bridgehead atoms. The van der Waals surface area contributed by atoms with E-state index in [2.05, 4.69) is 5.32 Å². The zero-order valence-electron chi connectivity index (χ0n) is 14.5. The van der Waals surface area contributed by atoms with Crippen molar-refractivity contribution in [2.24, 2.45) is 0 Å². The van der Waals surface area contributed by atoms with Crippen molar-refractivity contribution in [3.63, 3.8) is 0 Å². The topological polar surface area (TPSA) is 42.2 Å². The molecule has 0 radical (unpaired) electrons. The fourth-order valence-corrected chi connectivity index (χ4v) is 2.97. The predicted molar refractivity (Wildman–Crippen MR) is 98.6 cm³/mol. The molecule has 0 aliphatic heterocycles. The number of benzene rings is 2. The van der Waals surface area contributed by atoms with Crippen LogP contribution < -0.4 is 5.32 Å². The van der Waals surface area contributed by atoms with Crippen molar-refractivity contribution >= 4 is 34.8 Å². The first kappa shape index (κ1) is 22.0. The highest BCUT2D eigenvalue weighted by molar-refractivity contribution is 6.31. The van der Waals surface area contributed by atoms with Crippen LogP contribution in [0.15, 0.2) is 52.9 Å². The van der Waals surface area contributed by atoms with Gasteiger partial charge in [-0.1, -0.05) is 23.2 Å². The number of amides is 1. The van der Waals surface area contributed by atoms with Crippen molar-refractivity contribution in [2.75, 3.05) is 5.32 Å². The first-order chi connectivity index (χ1) is 13.9. The molecule has 3 aromatic rings. The van der Waals surface area contributed by atoms with Crippen LogP contribution in [0.5, 0.6) is 0 Å². The second-order valence-corrected chi connectivity index (χ2v) is 6.82. The molecule has 0 aliphatic rings. The number of nitrogens with one attached hydrogen (secondary N) is 1. The second kappa shape index (κ2) is 7.88. The van der Waals surface area contributed by atoms with E-state index < -0.39 is 39.4 Å². The summed E-state index contributed by atoms with van der Waals surface area (Å²) in [6.07, 6.45) is -9.41. The number of rotatable bonds is 3. The third kappa shape index (κ3) is 4.73. The first-order valence-corrected chi connectivity index (χ1v) is 8.77. The minimum atomic E-state index is -4.72. The Kier molecular flexibility index (Phi) is 5.79. The number of carbonyl (C=O) groups excluding carboxylic acids is 1. The van der Waals surface area contributed by atoms with Gasteiger partial charge in [-0.25, -0.2) is 0 Å². The van der Waals surface area contributed by atoms with Crippen LogP contribution in [0.3, 0.4) is 0 Å². The number of halogens is 8. The van der Waals surface area contributed by atoms with Crippen LogP contribution in [-0.4, -0.2) is 5.91 Å². The van der Waals surface area contributed by atoms with Crippen molar-refractivity contribution in [3.8, 4) is 11.3 Å². The van der Waals surface area contributed by atoms with Gasteiger partial charge in [0.1, 0.15) is 5.76 Å². The van der Waals surface area contributed by atoms with E-state index in [1.165, 1.54) is 18.2 Å². The summed E-state index contributed by atoms with van der Waals surface area (Å²) in [5.74, 6) is -1.28. The van der Waals surface area contributed by atoms with E-state index in [1.807, 2.05) is 0 Å². The van der Waals surface area contributed by atoms with Gasteiger partial charge in [-0.05, 0) is 48.5 Å². The van der Waals surface area contributed by atoms with Crippen LogP contribution in [-0.2, 0) is 12.4 Å². The van der Waals surface area contributed by atoms with Gasteiger partial charge in [-0.2, -0.15) is 26.3 Å². The summed E-state index contributed by atoms with van der Waals surface area (Å²) in [5, 5.41) is 1.18. The maximum Gasteiger partial charge on any atom is 0.417 e. The highest BCUT2D eigenvalue weighted by Crippen LogP contribution is 2.38. The fourth-order valence-electron chi connectivity index (χ4n) is 2.52. The van der Waals surface area contributed by atoms with Crippen molar-refractivity contribution in [1.82, 2.24) is 0 Å². The highest BCUT2D eigenvalue weighted by atomic mass is 35.5. The zero-order valence-corrected chi connectivity index (χ0v) is 16.0. The van der Waals surface area contributed by atoms with Crippen LogP contribution in [0.25, 0.3) is 11.3 Å². The standard InChI is InChI=1S/C19H9Cl2F6NO2/c20-13-3-1-9(7-11(13)18(22,23)24)15-5-6-16(30-15)17(29)28-10-2-4-14(21)12(8-10)19(25,26)27/h1-8H,(H,28,29). The van der Waals surface area contributed by atoms with Crippen LogP contribution >= 0.6 is 23.2 Å². The molecule has 0 unspecified atom stereocenters. The molecule has 2 aromatic carbocycles. The lowest BCUT2D eigenvalue weighted by atomic mass is 10.1. The van der Waals surface area contributed by atoms with Crippen LogP contribution in [0.2, 0.25) is 10.0 Å². The van der Waals surface area contributed by atoms with E-state index in [4.69, 9.17) is 27.6 Å². The molecule has 11 heteroatoms. The summed E-state index contributed by atoms with van der Waals surface area (Å²) in [4.78, 5) is 12.3. The van der Waals surface area contributed by atoms with E-state index >= 15 is 0 Å². The van der Waals surface area contributed by atoms with Crippen LogP contribution in [0, 0.1) is 0 Å². The Morgan fingerprint density at radius 1 is 0.800 bits per heavy atom. The molecule has 1 heterocycles. The van der Waals surface area contributed by atoms with Gasteiger partial charge in [0, 0.05) is 11.3 Å². The summed E-state index contributed by atoms with van der Waals surface area (Å²) in [6, 6.07) is 8.28. The van der Waals surface area contributed by atoms with Gasteiger partial charge in [0.25, 0.3) is 5.91 Å². The summed E-state index contributed by atoms with van der Waals surface area (Å²) < 4.78 is 83.0. The fraction of sp³-hybridized carbons (Fsp3) is 0.105. The molecule has 0 aliphatic carbocycles. The van der Waals surface area contributed by atoms with E-state index in [-0.39, 0.29) is 22.8 Å². The van der Waals surface area contributed by atoms with Crippen LogP contribution in [0.1, 0.15) is 21.7 Å². The van der Waals surface area contributed by atoms with Gasteiger partial charge in [-0.3, -0.25) is 4.79 Å². The molecule has 1 N–H and O–H groups in total. The molecule has 0 spiro atoms. The third-order valence-electron chi connectivity index (χ3n) is 3.92. The quantitative estimate of drug-likeness (QED) is 0.404. The molecule has 158 valence electrons. The lowest BCUT2D eigenvalue weighted by Crippen LogP contribution is -2.12. The highest BCUT2D eigenvalue weighted by Gasteiger charge is 2.34. The Morgan fingerprint density at radius 3 is 1.97 bits per heavy atom. The Hall–Kier alpha value is -2.65. The van der Waals surface area contributed by atoms with Gasteiger partial charge in [-0.15, -0.1) is 0 Å². The number of anilines is 1. The molecule has 1 amide bonds. The lowest BCUT2D eigenvalue weighted by Gasteiger charge is -2.11. The molecule has 1 aromatic heterocycles. The monoisotopic (exact) mass is 467 g/mol. The Morgan fingerprint density at radius 2 is 1.37 bits per heavy atom. The molecular formula is C19H9Cl2F6NO2. The smallest absolute Gasteiger partial charge is 0.417 e. The number of furan rings is 1. The predicted octanol–water partition coefficient (Wildman–Crippen LogP) is 7.54.